The van der Waals surface area contributed by atoms with Crippen LogP contribution < -0.4 is 0 Å². The van der Waals surface area contributed by atoms with Gasteiger partial charge in [0.05, 0.1) is 6.20 Å². The van der Waals surface area contributed by atoms with Gasteiger partial charge in [-0.05, 0) is 13.8 Å². The molecule has 5 heteroatoms. The lowest BCUT2D eigenvalue weighted by atomic mass is 10.3. The van der Waals surface area contributed by atoms with E-state index < -0.39 is 0 Å². The molecule has 1 aromatic rings. The van der Waals surface area contributed by atoms with Crippen LogP contribution in [-0.2, 0) is 4.79 Å². The Kier molecular flexibility index (Phi) is 2.68. The molecule has 0 aliphatic carbocycles. The van der Waals surface area contributed by atoms with Gasteiger partial charge in [0.1, 0.15) is 6.04 Å². The Morgan fingerprint density at radius 1 is 1.75 bits per heavy atom. The summed E-state index contributed by atoms with van der Waals surface area (Å²) in [5.41, 5.74) is 0. The molecule has 5 nitrogen and oxygen atoms in total. The van der Waals surface area contributed by atoms with E-state index >= 15 is 0 Å². The highest BCUT2D eigenvalue weighted by Crippen LogP contribution is 2.06. The number of Topliss-reactive ketones (excluding diaryl/α,β-unsaturated/α-hetero) is 1. The van der Waals surface area contributed by atoms with Crippen LogP contribution in [0.2, 0.25) is 0 Å². The Balaban J connectivity index is 2.56. The fourth-order valence-electron chi connectivity index (χ4n) is 0.534. The maximum absolute atomic E-state index is 10.7. The molecule has 0 radical (unpaired) electrons. The number of aromatic amines is 1. The van der Waals surface area contributed by atoms with E-state index in [1.54, 1.807) is 19.2 Å². The molecule has 1 heterocycles. The van der Waals surface area contributed by atoms with E-state index in [1.165, 1.54) is 6.92 Å². The Morgan fingerprint density at radius 2 is 2.50 bits per heavy atom. The van der Waals surface area contributed by atoms with Crippen molar-refractivity contribution >= 4 is 11.6 Å². The van der Waals surface area contributed by atoms with E-state index in [0.29, 0.717) is 5.82 Å². The lowest BCUT2D eigenvalue weighted by Crippen LogP contribution is -2.08. The predicted molar refractivity (Wildman–Crippen MR) is 43.2 cm³/mol. The second-order valence-electron chi connectivity index (χ2n) is 2.44. The minimum Gasteiger partial charge on any atom is -0.298 e. The zero-order valence-corrected chi connectivity index (χ0v) is 6.98. The molecule has 0 aliphatic heterocycles. The van der Waals surface area contributed by atoms with Crippen LogP contribution in [0.5, 0.6) is 0 Å². The summed E-state index contributed by atoms with van der Waals surface area (Å²) in [6.45, 7) is 3.18. The molecule has 0 aliphatic rings. The summed E-state index contributed by atoms with van der Waals surface area (Å²) >= 11 is 0. The van der Waals surface area contributed by atoms with Crippen LogP contribution in [-0.4, -0.2) is 22.0 Å². The fraction of sp³-hybridized carbons (Fsp3) is 0.429. The molecule has 1 unspecified atom stereocenters. The molecule has 0 saturated carbocycles. The smallest absolute Gasteiger partial charge is 0.169 e. The molecule has 1 aromatic heterocycles. The van der Waals surface area contributed by atoms with Gasteiger partial charge in [0.25, 0.3) is 0 Å². The topological polar surface area (TPSA) is 70.5 Å². The number of ketones is 1. The number of nitrogens with zero attached hydrogens (tertiary/aromatic N) is 3. The van der Waals surface area contributed by atoms with E-state index in [2.05, 4.69) is 20.4 Å². The van der Waals surface area contributed by atoms with Gasteiger partial charge >= 0.3 is 0 Å². The molecule has 0 amide bonds. The molecule has 12 heavy (non-hydrogen) atoms. The minimum atomic E-state index is -0.381. The van der Waals surface area contributed by atoms with Crippen molar-refractivity contribution in [2.75, 3.05) is 0 Å². The van der Waals surface area contributed by atoms with Gasteiger partial charge in [0.15, 0.2) is 11.6 Å². The van der Waals surface area contributed by atoms with Gasteiger partial charge in [-0.1, -0.05) is 0 Å². The van der Waals surface area contributed by atoms with Gasteiger partial charge in [-0.3, -0.25) is 9.89 Å². The highest BCUT2D eigenvalue weighted by molar-refractivity contribution is 5.80. The lowest BCUT2D eigenvalue weighted by molar-refractivity contribution is -0.117. The summed E-state index contributed by atoms with van der Waals surface area (Å²) in [7, 11) is 0. The number of hydrogen-bond acceptors (Lipinski definition) is 4. The van der Waals surface area contributed by atoms with Crippen LogP contribution >= 0.6 is 0 Å². The van der Waals surface area contributed by atoms with E-state index in [9.17, 15) is 4.79 Å². The Hall–Kier alpha value is -1.52. The van der Waals surface area contributed by atoms with Crippen LogP contribution in [0.1, 0.15) is 13.8 Å². The Labute approximate surface area is 69.9 Å². The first kappa shape index (κ1) is 8.58. The highest BCUT2D eigenvalue weighted by atomic mass is 16.1. The number of carbonyl (C=O) groups is 1. The number of rotatable bonds is 3. The van der Waals surface area contributed by atoms with Crippen LogP contribution in [0.15, 0.2) is 22.5 Å². The monoisotopic (exact) mass is 166 g/mol. The summed E-state index contributed by atoms with van der Waals surface area (Å²) in [5.74, 6) is 0.557. The first-order valence-corrected chi connectivity index (χ1v) is 3.61. The van der Waals surface area contributed by atoms with Gasteiger partial charge in [-0.15, -0.1) is 5.11 Å². The predicted octanol–water partition coefficient (Wildman–Crippen LogP) is 1.47. The zero-order chi connectivity index (χ0) is 8.97. The van der Waals surface area contributed by atoms with Crippen LogP contribution in [0, 0.1) is 0 Å². The lowest BCUT2D eigenvalue weighted by Gasteiger charge is -1.95. The summed E-state index contributed by atoms with van der Waals surface area (Å²) in [6.07, 6.45) is 1.58. The second kappa shape index (κ2) is 3.75. The fourth-order valence-corrected chi connectivity index (χ4v) is 0.534. The molecule has 0 saturated heterocycles. The number of nitrogens with one attached hydrogen (secondary N) is 1. The number of azo groups is 1. The van der Waals surface area contributed by atoms with Crippen LogP contribution in [0.4, 0.5) is 5.82 Å². The molecule has 0 bridgehead atoms. The third-order valence-corrected chi connectivity index (χ3v) is 1.41. The molecular weight excluding hydrogens is 156 g/mol. The van der Waals surface area contributed by atoms with Gasteiger partial charge < -0.3 is 0 Å². The van der Waals surface area contributed by atoms with Gasteiger partial charge in [0, 0.05) is 6.07 Å². The highest BCUT2D eigenvalue weighted by Gasteiger charge is 2.03. The second-order valence-corrected chi connectivity index (χ2v) is 2.44. The maximum Gasteiger partial charge on any atom is 0.169 e. The molecule has 0 spiro atoms. The first-order valence-electron chi connectivity index (χ1n) is 3.61. The number of H-pyrrole nitrogens is 1. The summed E-state index contributed by atoms with van der Waals surface area (Å²) in [5, 5.41) is 13.8. The molecule has 1 N–H and O–H groups in total. The van der Waals surface area contributed by atoms with Crippen molar-refractivity contribution in [1.82, 2.24) is 10.2 Å². The van der Waals surface area contributed by atoms with Crippen molar-refractivity contribution < 1.29 is 4.79 Å². The molecule has 1 atom stereocenters. The average molecular weight is 166 g/mol. The number of aromatic nitrogens is 2. The standard InChI is InChI=1S/C7H10N4O/c1-5(6(2)12)9-11-7-3-4-8-10-7/h3-5H,1-2H3,(H,8,10). The Morgan fingerprint density at radius 3 is 3.00 bits per heavy atom. The zero-order valence-electron chi connectivity index (χ0n) is 6.98. The first-order chi connectivity index (χ1) is 5.70. The van der Waals surface area contributed by atoms with Crippen molar-refractivity contribution in [2.24, 2.45) is 10.2 Å². The molecule has 64 valence electrons. The number of hydrogen-bond donors (Lipinski definition) is 1. The van der Waals surface area contributed by atoms with Crippen molar-refractivity contribution in [3.63, 3.8) is 0 Å². The van der Waals surface area contributed by atoms with Gasteiger partial charge in [-0.2, -0.15) is 10.2 Å². The summed E-state index contributed by atoms with van der Waals surface area (Å²) in [4.78, 5) is 10.7. The average Bonchev–Trinajstić information content (AvgIpc) is 2.51. The largest absolute Gasteiger partial charge is 0.298 e. The van der Waals surface area contributed by atoms with Gasteiger partial charge in [0.2, 0.25) is 0 Å². The molecule has 0 fully saturated rings. The number of carbonyl (C=O) groups excluding carboxylic acids is 1. The Bertz CT molecular complexity index is 278. The SMILES string of the molecule is CC(=O)C(C)N=Nc1ccn[nH]1. The molecular formula is C7H10N4O. The third-order valence-electron chi connectivity index (χ3n) is 1.41. The molecule has 1 rings (SSSR count). The normalized spacial score (nSPS) is 13.5. The molecule has 0 aromatic carbocycles. The van der Waals surface area contributed by atoms with Crippen LogP contribution in [0.25, 0.3) is 0 Å². The van der Waals surface area contributed by atoms with Crippen molar-refractivity contribution in [1.29, 1.82) is 0 Å². The van der Waals surface area contributed by atoms with E-state index in [1.807, 2.05) is 0 Å². The maximum atomic E-state index is 10.7. The quantitative estimate of drug-likeness (QED) is 0.690. The van der Waals surface area contributed by atoms with Crippen LogP contribution in [0.3, 0.4) is 0 Å². The van der Waals surface area contributed by atoms with Crippen molar-refractivity contribution in [3.05, 3.63) is 12.3 Å². The minimum absolute atomic E-state index is 0.00161. The van der Waals surface area contributed by atoms with Gasteiger partial charge in [-0.25, -0.2) is 0 Å². The van der Waals surface area contributed by atoms with Crippen molar-refractivity contribution in [2.45, 2.75) is 19.9 Å². The van der Waals surface area contributed by atoms with E-state index in [0.717, 1.165) is 0 Å². The summed E-state index contributed by atoms with van der Waals surface area (Å²) < 4.78 is 0. The van der Waals surface area contributed by atoms with E-state index in [-0.39, 0.29) is 11.8 Å². The third kappa shape index (κ3) is 2.26. The van der Waals surface area contributed by atoms with Crippen molar-refractivity contribution in [3.8, 4) is 0 Å². The summed E-state index contributed by atoms with van der Waals surface area (Å²) in [6, 6.07) is 1.30. The van der Waals surface area contributed by atoms with E-state index in [4.69, 9.17) is 0 Å².